The summed E-state index contributed by atoms with van der Waals surface area (Å²) in [7, 11) is -4.33. The van der Waals surface area contributed by atoms with Crippen LogP contribution >= 0.6 is 0 Å². The Hall–Kier alpha value is -2.85. The minimum Gasteiger partial charge on any atom is -0.361 e. The van der Waals surface area contributed by atoms with Gasteiger partial charge in [0.25, 0.3) is 0 Å². The first-order valence-corrected chi connectivity index (χ1v) is 11.6. The molecule has 0 spiro atoms. The molecule has 1 saturated heterocycles. The van der Waals surface area contributed by atoms with Crippen molar-refractivity contribution in [2.75, 3.05) is 26.2 Å². The predicted octanol–water partition coefficient (Wildman–Crippen LogP) is 3.65. The summed E-state index contributed by atoms with van der Waals surface area (Å²) in [6, 6.07) is 11.9. The Morgan fingerprint density at radius 2 is 1.62 bits per heavy atom. The van der Waals surface area contributed by atoms with Gasteiger partial charge in [-0.3, -0.25) is 4.79 Å². The summed E-state index contributed by atoms with van der Waals surface area (Å²) in [5, 5.41) is 1.06. The van der Waals surface area contributed by atoms with Crippen molar-refractivity contribution in [2.24, 2.45) is 0 Å². The normalized spacial score (nSPS) is 15.9. The second-order valence-electron chi connectivity index (χ2n) is 7.64. The highest BCUT2D eigenvalue weighted by molar-refractivity contribution is 7.89. The van der Waals surface area contributed by atoms with E-state index in [1.54, 1.807) is 4.90 Å². The number of aromatic nitrogens is 1. The summed E-state index contributed by atoms with van der Waals surface area (Å²) < 4.78 is 66.6. The number of benzene rings is 2. The van der Waals surface area contributed by atoms with Gasteiger partial charge in [0, 0.05) is 49.7 Å². The number of amides is 1. The summed E-state index contributed by atoms with van der Waals surface area (Å²) >= 11 is 0. The van der Waals surface area contributed by atoms with Gasteiger partial charge in [0.1, 0.15) is 0 Å². The second-order valence-corrected chi connectivity index (χ2v) is 9.54. The minimum atomic E-state index is -4.77. The fourth-order valence-corrected chi connectivity index (χ4v) is 5.62. The Morgan fingerprint density at radius 1 is 0.969 bits per heavy atom. The van der Waals surface area contributed by atoms with E-state index in [1.807, 2.05) is 30.5 Å². The van der Waals surface area contributed by atoms with Crippen LogP contribution in [-0.4, -0.2) is 54.7 Å². The van der Waals surface area contributed by atoms with E-state index in [4.69, 9.17) is 0 Å². The molecule has 32 heavy (non-hydrogen) atoms. The smallest absolute Gasteiger partial charge is 0.361 e. The van der Waals surface area contributed by atoms with Crippen LogP contribution in [0.3, 0.4) is 0 Å². The van der Waals surface area contributed by atoms with Crippen molar-refractivity contribution < 1.29 is 26.4 Å². The van der Waals surface area contributed by atoms with Gasteiger partial charge in [0.2, 0.25) is 15.9 Å². The molecular weight excluding hydrogens is 443 g/mol. The van der Waals surface area contributed by atoms with Gasteiger partial charge in [-0.15, -0.1) is 0 Å². The number of piperazine rings is 1. The standard InChI is InChI=1S/C22H22F3N3O3S/c23-22(24,25)18-6-2-4-8-20(18)32(30,31)28-13-11-27(12-14-28)21(29)10-9-16-15-26-19-7-3-1-5-17(16)19/h1-8,15,26H,9-14H2. The number of hydrogen-bond donors (Lipinski definition) is 1. The molecule has 6 nitrogen and oxygen atoms in total. The molecule has 1 aliphatic heterocycles. The zero-order valence-electron chi connectivity index (χ0n) is 17.1. The average Bonchev–Trinajstić information content (AvgIpc) is 3.20. The zero-order valence-corrected chi connectivity index (χ0v) is 17.9. The fraction of sp³-hybridized carbons (Fsp3) is 0.318. The Morgan fingerprint density at radius 3 is 2.34 bits per heavy atom. The molecule has 2 heterocycles. The highest BCUT2D eigenvalue weighted by Gasteiger charge is 2.39. The number of halogens is 3. The molecule has 1 aliphatic rings. The second kappa shape index (κ2) is 8.59. The third-order valence-corrected chi connectivity index (χ3v) is 7.64. The summed E-state index contributed by atoms with van der Waals surface area (Å²) in [5.41, 5.74) is 0.837. The Labute approximate surface area is 183 Å². The van der Waals surface area contributed by atoms with E-state index in [0.29, 0.717) is 6.42 Å². The molecule has 1 aromatic heterocycles. The van der Waals surface area contributed by atoms with Crippen molar-refractivity contribution in [3.05, 3.63) is 65.9 Å². The van der Waals surface area contributed by atoms with E-state index in [2.05, 4.69) is 4.98 Å². The number of H-pyrrole nitrogens is 1. The molecule has 1 amide bonds. The quantitative estimate of drug-likeness (QED) is 0.625. The van der Waals surface area contributed by atoms with E-state index >= 15 is 0 Å². The lowest BCUT2D eigenvalue weighted by atomic mass is 10.1. The van der Waals surface area contributed by atoms with Gasteiger partial charge in [-0.2, -0.15) is 17.5 Å². The van der Waals surface area contributed by atoms with Crippen LogP contribution in [0.15, 0.2) is 59.6 Å². The number of nitrogens with zero attached hydrogens (tertiary/aromatic N) is 2. The lowest BCUT2D eigenvalue weighted by Crippen LogP contribution is -2.50. The van der Waals surface area contributed by atoms with Gasteiger partial charge in [-0.25, -0.2) is 8.42 Å². The summed E-state index contributed by atoms with van der Waals surface area (Å²) in [6.07, 6.45) is -2.09. The molecule has 10 heteroatoms. The van der Waals surface area contributed by atoms with Crippen LogP contribution in [0, 0.1) is 0 Å². The topological polar surface area (TPSA) is 73.5 Å². The van der Waals surface area contributed by atoms with Gasteiger partial charge in [0.15, 0.2) is 0 Å². The van der Waals surface area contributed by atoms with Crippen LogP contribution < -0.4 is 0 Å². The number of hydrogen-bond acceptors (Lipinski definition) is 3. The lowest BCUT2D eigenvalue weighted by molar-refractivity contribution is -0.139. The first-order valence-electron chi connectivity index (χ1n) is 10.2. The third-order valence-electron chi connectivity index (χ3n) is 5.68. The molecular formula is C22H22F3N3O3S. The average molecular weight is 465 g/mol. The SMILES string of the molecule is O=C(CCc1c[nH]c2ccccc12)N1CCN(S(=O)(=O)c2ccccc2C(F)(F)F)CC1. The zero-order chi connectivity index (χ0) is 22.9. The fourth-order valence-electron chi connectivity index (χ4n) is 3.98. The molecule has 1 N–H and O–H groups in total. The molecule has 3 aromatic rings. The maximum atomic E-state index is 13.3. The molecule has 0 saturated carbocycles. The number of carbonyl (C=O) groups is 1. The molecule has 1 fully saturated rings. The lowest BCUT2D eigenvalue weighted by Gasteiger charge is -2.34. The van der Waals surface area contributed by atoms with E-state index in [0.717, 1.165) is 39.0 Å². The van der Waals surface area contributed by atoms with Crippen molar-refractivity contribution in [2.45, 2.75) is 23.9 Å². The van der Waals surface area contributed by atoms with Gasteiger partial charge in [-0.1, -0.05) is 30.3 Å². The van der Waals surface area contributed by atoms with Gasteiger partial charge < -0.3 is 9.88 Å². The number of aryl methyl sites for hydroxylation is 1. The number of sulfonamides is 1. The highest BCUT2D eigenvalue weighted by atomic mass is 32.2. The predicted molar refractivity (Wildman–Crippen MR) is 113 cm³/mol. The number of alkyl halides is 3. The third kappa shape index (κ3) is 4.37. The van der Waals surface area contributed by atoms with E-state index < -0.39 is 26.7 Å². The van der Waals surface area contributed by atoms with E-state index in [9.17, 15) is 26.4 Å². The molecule has 0 radical (unpaired) electrons. The molecule has 0 unspecified atom stereocenters. The van der Waals surface area contributed by atoms with Crippen molar-refractivity contribution in [1.29, 1.82) is 0 Å². The maximum absolute atomic E-state index is 13.3. The van der Waals surface area contributed by atoms with Crippen molar-refractivity contribution in [3.8, 4) is 0 Å². The number of fused-ring (bicyclic) bond motifs is 1. The van der Waals surface area contributed by atoms with Crippen LogP contribution in [0.1, 0.15) is 17.5 Å². The van der Waals surface area contributed by atoms with Gasteiger partial charge >= 0.3 is 6.18 Å². The number of rotatable bonds is 5. The maximum Gasteiger partial charge on any atom is 0.417 e. The molecule has 0 atom stereocenters. The molecule has 0 bridgehead atoms. The number of nitrogens with one attached hydrogen (secondary N) is 1. The van der Waals surface area contributed by atoms with Gasteiger partial charge in [0.05, 0.1) is 10.5 Å². The molecule has 2 aromatic carbocycles. The first-order chi connectivity index (χ1) is 15.2. The molecule has 170 valence electrons. The number of para-hydroxylation sites is 1. The summed E-state index contributed by atoms with van der Waals surface area (Å²) in [5.74, 6) is -0.108. The first kappa shape index (κ1) is 22.3. The van der Waals surface area contributed by atoms with Crippen molar-refractivity contribution >= 4 is 26.8 Å². The van der Waals surface area contributed by atoms with Crippen LogP contribution in [-0.2, 0) is 27.4 Å². The van der Waals surface area contributed by atoms with Gasteiger partial charge in [-0.05, 0) is 30.2 Å². The van der Waals surface area contributed by atoms with Crippen LogP contribution in [0.4, 0.5) is 13.2 Å². The Bertz CT molecular complexity index is 1230. The Kier molecular flexibility index (Phi) is 6.00. The minimum absolute atomic E-state index is 0.0483. The van der Waals surface area contributed by atoms with Crippen LogP contribution in [0.25, 0.3) is 10.9 Å². The summed E-state index contributed by atoms with van der Waals surface area (Å²) in [6.45, 7) is 0.182. The Balaban J connectivity index is 1.39. The largest absolute Gasteiger partial charge is 0.417 e. The van der Waals surface area contributed by atoms with Crippen molar-refractivity contribution in [1.82, 2.24) is 14.2 Å². The monoisotopic (exact) mass is 465 g/mol. The van der Waals surface area contributed by atoms with Crippen LogP contribution in [0.2, 0.25) is 0 Å². The van der Waals surface area contributed by atoms with Crippen LogP contribution in [0.5, 0.6) is 0 Å². The van der Waals surface area contributed by atoms with E-state index in [1.165, 1.54) is 6.07 Å². The molecule has 4 rings (SSSR count). The van der Waals surface area contributed by atoms with Crippen molar-refractivity contribution in [3.63, 3.8) is 0 Å². The number of carbonyl (C=O) groups excluding carboxylic acids is 1. The number of aromatic amines is 1. The van der Waals surface area contributed by atoms with E-state index in [-0.39, 0.29) is 38.5 Å². The highest BCUT2D eigenvalue weighted by Crippen LogP contribution is 2.35. The molecule has 0 aliphatic carbocycles. The summed E-state index contributed by atoms with van der Waals surface area (Å²) in [4.78, 5) is 16.6.